The summed E-state index contributed by atoms with van der Waals surface area (Å²) >= 11 is 0. The van der Waals surface area contributed by atoms with Gasteiger partial charge in [-0.25, -0.2) is 4.39 Å². The minimum absolute atomic E-state index is 0.0487. The molecular weight excluding hydrogens is 365 g/mol. The number of carbonyl (C=O) groups is 1. The van der Waals surface area contributed by atoms with Gasteiger partial charge in [-0.05, 0) is 46.7 Å². The highest BCUT2D eigenvalue weighted by Gasteiger charge is 2.42. The number of fused-ring (bicyclic) bond motifs is 1. The fourth-order valence-corrected chi connectivity index (χ4v) is 5.09. The van der Waals surface area contributed by atoms with E-state index in [2.05, 4.69) is 53.8 Å². The van der Waals surface area contributed by atoms with Gasteiger partial charge in [0, 0.05) is 24.4 Å². The largest absolute Gasteiger partial charge is 0.497 e. The summed E-state index contributed by atoms with van der Waals surface area (Å²) in [4.78, 5) is 12.6. The lowest BCUT2D eigenvalue weighted by atomic mass is 9.59. The second-order valence-corrected chi connectivity index (χ2v) is 7.84. The Labute approximate surface area is 169 Å². The Morgan fingerprint density at radius 1 is 1.00 bits per heavy atom. The van der Waals surface area contributed by atoms with E-state index in [0.29, 0.717) is 18.2 Å². The van der Waals surface area contributed by atoms with Crippen LogP contribution in [0.5, 0.6) is 5.75 Å². The maximum atomic E-state index is 14.3. The maximum Gasteiger partial charge on any atom is 0.254 e. The number of methoxy groups -OCH3 is 1. The van der Waals surface area contributed by atoms with Crippen LogP contribution in [0.15, 0.2) is 66.7 Å². The van der Waals surface area contributed by atoms with E-state index < -0.39 is 5.82 Å². The molecule has 0 saturated carbocycles. The molecule has 3 nitrogen and oxygen atoms in total. The van der Waals surface area contributed by atoms with E-state index in [1.54, 1.807) is 6.07 Å². The molecule has 2 bridgehead atoms. The van der Waals surface area contributed by atoms with Crippen LogP contribution in [-0.2, 0) is 0 Å². The molecule has 146 valence electrons. The summed E-state index contributed by atoms with van der Waals surface area (Å²) < 4.78 is 19.3. The molecule has 6 rings (SSSR count). The standard InChI is InChI=1S/C25H22FNO2/c1-29-16-10-11-21(23(26)13-16)25(28)27-14-15-12-22-17-6-2-4-8-19(17)24(15)20-9-5-3-7-18(20)22/h2-11,13,15,22,24H,12,14H2,1H3,(H,27,28). The molecule has 3 aromatic rings. The third-order valence-corrected chi connectivity index (χ3v) is 6.37. The van der Waals surface area contributed by atoms with E-state index >= 15 is 0 Å². The van der Waals surface area contributed by atoms with Gasteiger partial charge in [-0.2, -0.15) is 0 Å². The predicted molar refractivity (Wildman–Crippen MR) is 110 cm³/mol. The van der Waals surface area contributed by atoms with Gasteiger partial charge < -0.3 is 10.1 Å². The molecule has 0 saturated heterocycles. The third kappa shape index (κ3) is 2.91. The zero-order valence-corrected chi connectivity index (χ0v) is 16.2. The second-order valence-electron chi connectivity index (χ2n) is 7.84. The Kier molecular flexibility index (Phi) is 4.35. The fraction of sp³-hybridized carbons (Fsp3) is 0.240. The number of halogens is 1. The van der Waals surface area contributed by atoms with Crippen LogP contribution < -0.4 is 10.1 Å². The van der Waals surface area contributed by atoms with Gasteiger partial charge >= 0.3 is 0 Å². The molecule has 3 aliphatic carbocycles. The van der Waals surface area contributed by atoms with Crippen LogP contribution in [0.3, 0.4) is 0 Å². The molecule has 0 fully saturated rings. The normalized spacial score (nSPS) is 21.2. The highest BCUT2D eigenvalue weighted by Crippen LogP contribution is 2.55. The molecule has 1 N–H and O–H groups in total. The molecule has 1 amide bonds. The van der Waals surface area contributed by atoms with Gasteiger partial charge in [0.2, 0.25) is 0 Å². The molecule has 3 aliphatic rings. The van der Waals surface area contributed by atoms with Crippen LogP contribution in [0.4, 0.5) is 4.39 Å². The first-order chi connectivity index (χ1) is 14.2. The van der Waals surface area contributed by atoms with Crippen molar-refractivity contribution in [3.8, 4) is 5.75 Å². The molecule has 0 spiro atoms. The molecule has 3 aromatic carbocycles. The Bertz CT molecular complexity index is 1050. The van der Waals surface area contributed by atoms with Crippen molar-refractivity contribution in [3.63, 3.8) is 0 Å². The summed E-state index contributed by atoms with van der Waals surface area (Å²) in [7, 11) is 1.47. The molecule has 0 radical (unpaired) electrons. The van der Waals surface area contributed by atoms with Gasteiger partial charge in [0.15, 0.2) is 0 Å². The smallest absolute Gasteiger partial charge is 0.254 e. The van der Waals surface area contributed by atoms with Gasteiger partial charge in [-0.1, -0.05) is 48.5 Å². The summed E-state index contributed by atoms with van der Waals surface area (Å²) in [5.74, 6) is 0.350. The van der Waals surface area contributed by atoms with Crippen molar-refractivity contribution in [1.29, 1.82) is 0 Å². The minimum Gasteiger partial charge on any atom is -0.497 e. The van der Waals surface area contributed by atoms with Gasteiger partial charge in [0.25, 0.3) is 5.91 Å². The first-order valence-corrected chi connectivity index (χ1v) is 9.96. The van der Waals surface area contributed by atoms with E-state index in [-0.39, 0.29) is 23.3 Å². The van der Waals surface area contributed by atoms with Crippen LogP contribution in [-0.4, -0.2) is 19.6 Å². The average molecular weight is 387 g/mol. The molecule has 0 aromatic heterocycles. The monoisotopic (exact) mass is 387 g/mol. The zero-order valence-electron chi connectivity index (χ0n) is 16.2. The Morgan fingerprint density at radius 3 is 2.21 bits per heavy atom. The lowest BCUT2D eigenvalue weighted by molar-refractivity contribution is 0.0939. The van der Waals surface area contributed by atoms with Crippen molar-refractivity contribution in [2.24, 2.45) is 5.92 Å². The Morgan fingerprint density at radius 2 is 1.62 bits per heavy atom. The number of amides is 1. The van der Waals surface area contributed by atoms with Crippen LogP contribution >= 0.6 is 0 Å². The molecule has 1 atom stereocenters. The molecule has 0 aliphatic heterocycles. The van der Waals surface area contributed by atoms with Crippen molar-refractivity contribution in [3.05, 3.63) is 100 Å². The zero-order chi connectivity index (χ0) is 20.0. The van der Waals surface area contributed by atoms with Crippen molar-refractivity contribution >= 4 is 5.91 Å². The SMILES string of the molecule is COc1ccc(C(=O)NCC2CC3c4ccccc4C2c2ccccc23)c(F)c1. The quantitative estimate of drug-likeness (QED) is 0.694. The molecule has 29 heavy (non-hydrogen) atoms. The Balaban J connectivity index is 1.40. The van der Waals surface area contributed by atoms with Crippen LogP contribution in [0.25, 0.3) is 0 Å². The highest BCUT2D eigenvalue weighted by atomic mass is 19.1. The van der Waals surface area contributed by atoms with Crippen molar-refractivity contribution in [2.75, 3.05) is 13.7 Å². The second kappa shape index (κ2) is 7.03. The number of carbonyl (C=O) groups excluding carboxylic acids is 1. The predicted octanol–water partition coefficient (Wildman–Crippen LogP) is 4.86. The number of benzene rings is 3. The highest BCUT2D eigenvalue weighted by molar-refractivity contribution is 5.94. The van der Waals surface area contributed by atoms with E-state index in [9.17, 15) is 9.18 Å². The van der Waals surface area contributed by atoms with Crippen molar-refractivity contribution in [1.82, 2.24) is 5.32 Å². The molecule has 1 unspecified atom stereocenters. The minimum atomic E-state index is -0.567. The molecule has 4 heteroatoms. The van der Waals surface area contributed by atoms with E-state index in [4.69, 9.17) is 4.74 Å². The average Bonchev–Trinajstić information content (AvgIpc) is 2.77. The molecule has 0 heterocycles. The van der Waals surface area contributed by atoms with Gasteiger partial charge in [-0.3, -0.25) is 4.79 Å². The summed E-state index contributed by atoms with van der Waals surface area (Å²) in [6, 6.07) is 21.6. The topological polar surface area (TPSA) is 38.3 Å². The van der Waals surface area contributed by atoms with E-state index in [0.717, 1.165) is 6.42 Å². The third-order valence-electron chi connectivity index (χ3n) is 6.37. The van der Waals surface area contributed by atoms with Crippen LogP contribution in [0.2, 0.25) is 0 Å². The van der Waals surface area contributed by atoms with E-state index in [1.807, 2.05) is 0 Å². The van der Waals surface area contributed by atoms with Crippen molar-refractivity contribution < 1.29 is 13.9 Å². The van der Waals surface area contributed by atoms with E-state index in [1.165, 1.54) is 41.5 Å². The summed E-state index contributed by atoms with van der Waals surface area (Å²) in [5.41, 5.74) is 5.57. The summed E-state index contributed by atoms with van der Waals surface area (Å²) in [5, 5.41) is 2.97. The Hall–Kier alpha value is -3.14. The first kappa shape index (κ1) is 17.9. The first-order valence-electron chi connectivity index (χ1n) is 9.96. The number of nitrogens with one attached hydrogen (secondary N) is 1. The van der Waals surface area contributed by atoms with Crippen LogP contribution in [0, 0.1) is 11.7 Å². The maximum absolute atomic E-state index is 14.3. The lowest BCUT2D eigenvalue weighted by Crippen LogP contribution is -2.39. The van der Waals surface area contributed by atoms with Gasteiger partial charge in [0.05, 0.1) is 12.7 Å². The van der Waals surface area contributed by atoms with Crippen LogP contribution in [0.1, 0.15) is 50.9 Å². The number of hydrogen-bond acceptors (Lipinski definition) is 2. The summed E-state index contributed by atoms with van der Waals surface area (Å²) in [6.45, 7) is 0.522. The van der Waals surface area contributed by atoms with Gasteiger partial charge in [-0.15, -0.1) is 0 Å². The fourth-order valence-electron chi connectivity index (χ4n) is 5.09. The number of rotatable bonds is 4. The number of hydrogen-bond donors (Lipinski definition) is 1. The number of ether oxygens (including phenoxy) is 1. The van der Waals surface area contributed by atoms with Gasteiger partial charge in [0.1, 0.15) is 11.6 Å². The molecular formula is C25H22FNO2. The lowest BCUT2D eigenvalue weighted by Gasteiger charge is -2.45. The summed E-state index contributed by atoms with van der Waals surface area (Å²) in [6.07, 6.45) is 0.990. The van der Waals surface area contributed by atoms with Crippen molar-refractivity contribution in [2.45, 2.75) is 18.3 Å².